The number of hydrogen-bond acceptors (Lipinski definition) is 4. The van der Waals surface area contributed by atoms with E-state index in [2.05, 4.69) is 10.8 Å². The van der Waals surface area contributed by atoms with Gasteiger partial charge in [0.25, 0.3) is 0 Å². The fourth-order valence-electron chi connectivity index (χ4n) is 1.11. The van der Waals surface area contributed by atoms with Crippen LogP contribution in [0, 0.1) is 0 Å². The molecular formula is C12H16N2O4. The van der Waals surface area contributed by atoms with E-state index in [1.165, 1.54) is 12.3 Å². The van der Waals surface area contributed by atoms with E-state index in [9.17, 15) is 9.59 Å². The van der Waals surface area contributed by atoms with Gasteiger partial charge in [-0.05, 0) is 25.1 Å². The van der Waals surface area contributed by atoms with Crippen LogP contribution in [0.25, 0.3) is 6.08 Å². The number of nitrogens with one attached hydrogen (secondary N) is 2. The second kappa shape index (κ2) is 8.08. The van der Waals surface area contributed by atoms with Crippen molar-refractivity contribution in [2.45, 2.75) is 13.3 Å². The number of hydrogen-bond donors (Lipinski definition) is 2. The fourth-order valence-corrected chi connectivity index (χ4v) is 1.11. The Labute approximate surface area is 105 Å². The Bertz CT molecular complexity index is 398. The summed E-state index contributed by atoms with van der Waals surface area (Å²) in [6.45, 7) is 2.42. The van der Waals surface area contributed by atoms with Crippen molar-refractivity contribution in [3.05, 3.63) is 30.2 Å². The minimum atomic E-state index is -0.282. The second-order valence-corrected chi connectivity index (χ2v) is 3.35. The van der Waals surface area contributed by atoms with E-state index in [1.54, 1.807) is 25.1 Å². The van der Waals surface area contributed by atoms with E-state index in [1.807, 2.05) is 0 Å². The van der Waals surface area contributed by atoms with Crippen molar-refractivity contribution in [3.63, 3.8) is 0 Å². The summed E-state index contributed by atoms with van der Waals surface area (Å²) in [5.41, 5.74) is 2.24. The second-order valence-electron chi connectivity index (χ2n) is 3.35. The summed E-state index contributed by atoms with van der Waals surface area (Å²) in [6.07, 6.45) is 4.59. The number of rotatable bonds is 7. The number of carbonyl (C=O) groups is 2. The molecule has 1 aromatic heterocycles. The zero-order chi connectivity index (χ0) is 13.2. The molecule has 0 spiro atoms. The average molecular weight is 252 g/mol. The molecule has 6 heteroatoms. The van der Waals surface area contributed by atoms with Gasteiger partial charge >= 0.3 is 0 Å². The first kappa shape index (κ1) is 14.0. The molecule has 0 bridgehead atoms. The summed E-state index contributed by atoms with van der Waals surface area (Å²) < 4.78 is 5.02. The standard InChI is InChI=1S/C12H16N2O4/c1-2-18-14-12(16)7-8-13-11(15)6-5-10-4-3-9-17-10/h3-6,9H,2,7-8H2,1H3,(H,13,15)(H,14,16). The molecule has 0 fully saturated rings. The lowest BCUT2D eigenvalue weighted by Gasteiger charge is -2.03. The molecule has 2 N–H and O–H groups in total. The molecule has 0 aliphatic rings. The quantitative estimate of drug-likeness (QED) is 0.557. The fraction of sp³-hybridized carbons (Fsp3) is 0.333. The van der Waals surface area contributed by atoms with E-state index < -0.39 is 0 Å². The van der Waals surface area contributed by atoms with E-state index in [-0.39, 0.29) is 24.8 Å². The molecule has 18 heavy (non-hydrogen) atoms. The summed E-state index contributed by atoms with van der Waals surface area (Å²) in [5.74, 6) is 0.0435. The Morgan fingerprint density at radius 2 is 2.33 bits per heavy atom. The van der Waals surface area contributed by atoms with Crippen molar-refractivity contribution < 1.29 is 18.8 Å². The van der Waals surface area contributed by atoms with Crippen LogP contribution in [0.1, 0.15) is 19.1 Å². The molecule has 0 aliphatic carbocycles. The molecule has 0 saturated carbocycles. The Hall–Kier alpha value is -2.08. The van der Waals surface area contributed by atoms with Crippen LogP contribution in [0.2, 0.25) is 0 Å². The highest BCUT2D eigenvalue weighted by atomic mass is 16.6. The highest BCUT2D eigenvalue weighted by Crippen LogP contribution is 2.01. The molecule has 2 amide bonds. The molecular weight excluding hydrogens is 236 g/mol. The van der Waals surface area contributed by atoms with Crippen LogP contribution in [0.15, 0.2) is 28.9 Å². The Kier molecular flexibility index (Phi) is 6.27. The van der Waals surface area contributed by atoms with Gasteiger partial charge in [0.05, 0.1) is 12.9 Å². The zero-order valence-electron chi connectivity index (χ0n) is 10.1. The third-order valence-corrected chi connectivity index (χ3v) is 1.92. The maximum absolute atomic E-state index is 11.3. The molecule has 1 rings (SSSR count). The molecule has 0 aliphatic heterocycles. The maximum Gasteiger partial charge on any atom is 0.245 e. The lowest BCUT2D eigenvalue weighted by Crippen LogP contribution is -2.29. The SMILES string of the molecule is CCONC(=O)CCNC(=O)C=Cc1ccco1. The van der Waals surface area contributed by atoms with Gasteiger partial charge in [-0.3, -0.25) is 14.4 Å². The molecule has 0 atom stereocenters. The van der Waals surface area contributed by atoms with Gasteiger partial charge in [0.15, 0.2) is 0 Å². The van der Waals surface area contributed by atoms with Crippen molar-refractivity contribution in [2.75, 3.05) is 13.2 Å². The first-order valence-corrected chi connectivity index (χ1v) is 5.62. The molecule has 1 heterocycles. The van der Waals surface area contributed by atoms with Gasteiger partial charge < -0.3 is 9.73 Å². The van der Waals surface area contributed by atoms with Gasteiger partial charge in [-0.15, -0.1) is 0 Å². The zero-order valence-corrected chi connectivity index (χ0v) is 10.1. The maximum atomic E-state index is 11.3. The Morgan fingerprint density at radius 1 is 1.50 bits per heavy atom. The number of hydroxylamine groups is 1. The topological polar surface area (TPSA) is 80.6 Å². The van der Waals surface area contributed by atoms with Crippen LogP contribution >= 0.6 is 0 Å². The Morgan fingerprint density at radius 3 is 3.00 bits per heavy atom. The third-order valence-electron chi connectivity index (χ3n) is 1.92. The highest BCUT2D eigenvalue weighted by Gasteiger charge is 2.01. The minimum absolute atomic E-state index is 0.167. The van der Waals surface area contributed by atoms with Crippen LogP contribution in [0.3, 0.4) is 0 Å². The summed E-state index contributed by atoms with van der Waals surface area (Å²) in [4.78, 5) is 27.1. The third kappa shape index (κ3) is 5.86. The summed E-state index contributed by atoms with van der Waals surface area (Å²) >= 11 is 0. The normalized spacial score (nSPS) is 10.5. The van der Waals surface area contributed by atoms with E-state index in [0.29, 0.717) is 12.4 Å². The van der Waals surface area contributed by atoms with Crippen LogP contribution in [-0.4, -0.2) is 25.0 Å². The van der Waals surface area contributed by atoms with Gasteiger partial charge in [0.1, 0.15) is 5.76 Å². The van der Waals surface area contributed by atoms with Gasteiger partial charge in [0, 0.05) is 19.0 Å². The molecule has 98 valence electrons. The lowest BCUT2D eigenvalue weighted by molar-refractivity contribution is -0.133. The van der Waals surface area contributed by atoms with E-state index in [0.717, 1.165) is 0 Å². The predicted octanol–water partition coefficient (Wildman–Crippen LogP) is 0.867. The first-order chi connectivity index (χ1) is 8.72. The number of carbonyl (C=O) groups excluding carboxylic acids is 2. The minimum Gasteiger partial charge on any atom is -0.465 e. The Balaban J connectivity index is 2.15. The van der Waals surface area contributed by atoms with E-state index in [4.69, 9.17) is 9.25 Å². The summed E-state index contributed by atoms with van der Waals surface area (Å²) in [5, 5.41) is 2.57. The summed E-state index contributed by atoms with van der Waals surface area (Å²) in [6, 6.07) is 3.47. The smallest absolute Gasteiger partial charge is 0.245 e. The summed E-state index contributed by atoms with van der Waals surface area (Å²) in [7, 11) is 0. The predicted molar refractivity (Wildman–Crippen MR) is 65.1 cm³/mol. The van der Waals surface area contributed by atoms with Gasteiger partial charge in [-0.1, -0.05) is 0 Å². The van der Waals surface area contributed by atoms with Crippen LogP contribution in [0.5, 0.6) is 0 Å². The van der Waals surface area contributed by atoms with Crippen molar-refractivity contribution in [1.29, 1.82) is 0 Å². The van der Waals surface area contributed by atoms with Crippen molar-refractivity contribution in [3.8, 4) is 0 Å². The molecule has 0 unspecified atom stereocenters. The van der Waals surface area contributed by atoms with Crippen LogP contribution < -0.4 is 10.8 Å². The van der Waals surface area contributed by atoms with Gasteiger partial charge in [-0.25, -0.2) is 5.48 Å². The van der Waals surface area contributed by atoms with Gasteiger partial charge in [-0.2, -0.15) is 0 Å². The monoisotopic (exact) mass is 252 g/mol. The molecule has 1 aromatic rings. The number of furan rings is 1. The number of amides is 2. The highest BCUT2D eigenvalue weighted by molar-refractivity contribution is 5.91. The van der Waals surface area contributed by atoms with E-state index >= 15 is 0 Å². The van der Waals surface area contributed by atoms with Crippen molar-refractivity contribution >= 4 is 17.9 Å². The van der Waals surface area contributed by atoms with Crippen molar-refractivity contribution in [1.82, 2.24) is 10.8 Å². The van der Waals surface area contributed by atoms with Gasteiger partial charge in [0.2, 0.25) is 11.8 Å². The molecule has 6 nitrogen and oxygen atoms in total. The lowest BCUT2D eigenvalue weighted by atomic mass is 10.3. The molecule has 0 radical (unpaired) electrons. The first-order valence-electron chi connectivity index (χ1n) is 5.62. The molecule has 0 aromatic carbocycles. The molecule has 0 saturated heterocycles. The largest absolute Gasteiger partial charge is 0.465 e. The van der Waals surface area contributed by atoms with Crippen LogP contribution in [0.4, 0.5) is 0 Å². The average Bonchev–Trinajstić information content (AvgIpc) is 2.87. The van der Waals surface area contributed by atoms with Crippen molar-refractivity contribution in [2.24, 2.45) is 0 Å². The van der Waals surface area contributed by atoms with Crippen LogP contribution in [-0.2, 0) is 14.4 Å².